The summed E-state index contributed by atoms with van der Waals surface area (Å²) in [5.41, 5.74) is 1.92. The summed E-state index contributed by atoms with van der Waals surface area (Å²) >= 11 is 6.88. The fraction of sp³-hybridized carbons (Fsp3) is 0.455. The van der Waals surface area contributed by atoms with Crippen LogP contribution in [0.3, 0.4) is 0 Å². The van der Waals surface area contributed by atoms with Gasteiger partial charge in [-0.15, -0.1) is 0 Å². The van der Waals surface area contributed by atoms with E-state index in [2.05, 4.69) is 52.6 Å². The fourth-order valence-electron chi connectivity index (χ4n) is 1.28. The van der Waals surface area contributed by atoms with Gasteiger partial charge in [-0.3, -0.25) is 0 Å². The highest BCUT2D eigenvalue weighted by molar-refractivity contribution is 9.11. The van der Waals surface area contributed by atoms with E-state index < -0.39 is 0 Å². The standard InChI is InChI=1S/C11H14Br2O/c1-6-8(12)5-7(11(2,3)4)10(14)9(6)13/h5,14H,1-4H3. The van der Waals surface area contributed by atoms with Crippen molar-refractivity contribution in [2.45, 2.75) is 33.1 Å². The Labute approximate surface area is 102 Å². The molecule has 0 atom stereocenters. The molecule has 0 aliphatic heterocycles. The lowest BCUT2D eigenvalue weighted by atomic mass is 9.86. The summed E-state index contributed by atoms with van der Waals surface area (Å²) < 4.78 is 1.80. The van der Waals surface area contributed by atoms with Crippen LogP contribution in [0, 0.1) is 6.92 Å². The Balaban J connectivity index is 3.49. The van der Waals surface area contributed by atoms with Crippen LogP contribution in [-0.2, 0) is 5.41 Å². The zero-order valence-corrected chi connectivity index (χ0v) is 12.0. The normalized spacial score (nSPS) is 11.9. The first-order valence-electron chi connectivity index (χ1n) is 4.43. The fourth-order valence-corrected chi connectivity index (χ4v) is 2.40. The van der Waals surface area contributed by atoms with Gasteiger partial charge in [-0.2, -0.15) is 0 Å². The molecule has 0 heterocycles. The molecule has 0 radical (unpaired) electrons. The van der Waals surface area contributed by atoms with Crippen molar-refractivity contribution in [3.05, 3.63) is 26.1 Å². The average molecular weight is 322 g/mol. The maximum Gasteiger partial charge on any atom is 0.133 e. The SMILES string of the molecule is Cc1c(Br)cc(C(C)(C)C)c(O)c1Br. The third-order valence-corrected chi connectivity index (χ3v) is 4.02. The van der Waals surface area contributed by atoms with E-state index >= 15 is 0 Å². The molecule has 0 spiro atoms. The monoisotopic (exact) mass is 320 g/mol. The molecule has 14 heavy (non-hydrogen) atoms. The number of phenolic OH excluding ortho intramolecular Hbond substituents is 1. The molecule has 1 N–H and O–H groups in total. The first-order valence-corrected chi connectivity index (χ1v) is 6.01. The number of aromatic hydroxyl groups is 1. The zero-order valence-electron chi connectivity index (χ0n) is 8.78. The van der Waals surface area contributed by atoms with Gasteiger partial charge in [-0.25, -0.2) is 0 Å². The topological polar surface area (TPSA) is 20.2 Å². The number of hydrogen-bond acceptors (Lipinski definition) is 1. The zero-order chi connectivity index (χ0) is 11.1. The largest absolute Gasteiger partial charge is 0.506 e. The van der Waals surface area contributed by atoms with Crippen LogP contribution in [-0.4, -0.2) is 5.11 Å². The summed E-state index contributed by atoms with van der Waals surface area (Å²) in [5.74, 6) is 0.346. The van der Waals surface area contributed by atoms with Crippen molar-refractivity contribution in [3.8, 4) is 5.75 Å². The van der Waals surface area contributed by atoms with Crippen LogP contribution >= 0.6 is 31.9 Å². The van der Waals surface area contributed by atoms with Gasteiger partial charge < -0.3 is 5.11 Å². The summed E-state index contributed by atoms with van der Waals surface area (Å²) in [7, 11) is 0. The minimum absolute atomic E-state index is 0.0528. The highest BCUT2D eigenvalue weighted by Crippen LogP contribution is 2.41. The molecule has 0 aliphatic rings. The molecule has 0 saturated carbocycles. The Bertz CT molecular complexity index is 365. The highest BCUT2D eigenvalue weighted by atomic mass is 79.9. The van der Waals surface area contributed by atoms with E-state index in [9.17, 15) is 5.11 Å². The Kier molecular flexibility index (Phi) is 3.32. The molecular weight excluding hydrogens is 308 g/mol. The third kappa shape index (κ3) is 2.14. The van der Waals surface area contributed by atoms with Gasteiger partial charge in [-0.05, 0) is 39.9 Å². The smallest absolute Gasteiger partial charge is 0.133 e. The molecule has 0 saturated heterocycles. The number of rotatable bonds is 0. The van der Waals surface area contributed by atoms with E-state index in [0.717, 1.165) is 20.1 Å². The molecule has 1 aromatic rings. The molecule has 78 valence electrons. The van der Waals surface area contributed by atoms with Gasteiger partial charge >= 0.3 is 0 Å². The van der Waals surface area contributed by atoms with Crippen LogP contribution in [0.15, 0.2) is 15.0 Å². The summed E-state index contributed by atoms with van der Waals surface area (Å²) in [6.45, 7) is 8.20. The molecule has 0 bridgehead atoms. The van der Waals surface area contributed by atoms with E-state index in [0.29, 0.717) is 5.75 Å². The summed E-state index contributed by atoms with van der Waals surface area (Å²) in [4.78, 5) is 0. The third-order valence-electron chi connectivity index (χ3n) is 2.23. The first-order chi connectivity index (χ1) is 6.25. The van der Waals surface area contributed by atoms with Gasteiger partial charge in [0, 0.05) is 10.0 Å². The van der Waals surface area contributed by atoms with Gasteiger partial charge in [0.2, 0.25) is 0 Å². The predicted octanol–water partition coefficient (Wildman–Crippen LogP) is 4.52. The van der Waals surface area contributed by atoms with Gasteiger partial charge in [-0.1, -0.05) is 36.7 Å². The van der Waals surface area contributed by atoms with E-state index in [4.69, 9.17) is 0 Å². The Hall–Kier alpha value is -0.0200. The molecule has 0 unspecified atom stereocenters. The molecule has 0 aliphatic carbocycles. The Morgan fingerprint density at radius 1 is 1.21 bits per heavy atom. The lowest BCUT2D eigenvalue weighted by molar-refractivity contribution is 0.442. The maximum atomic E-state index is 9.97. The van der Waals surface area contributed by atoms with E-state index in [-0.39, 0.29) is 5.41 Å². The van der Waals surface area contributed by atoms with Crippen molar-refractivity contribution >= 4 is 31.9 Å². The van der Waals surface area contributed by atoms with Crippen molar-refractivity contribution in [1.29, 1.82) is 0 Å². The first kappa shape index (κ1) is 12.1. The number of halogens is 2. The number of hydrogen-bond donors (Lipinski definition) is 1. The van der Waals surface area contributed by atoms with Gasteiger partial charge in [0.1, 0.15) is 5.75 Å². The number of phenols is 1. The molecule has 1 rings (SSSR count). The number of benzene rings is 1. The molecule has 0 amide bonds. The van der Waals surface area contributed by atoms with Crippen LogP contribution in [0.25, 0.3) is 0 Å². The van der Waals surface area contributed by atoms with Gasteiger partial charge in [0.25, 0.3) is 0 Å². The minimum atomic E-state index is -0.0528. The minimum Gasteiger partial charge on any atom is -0.506 e. The van der Waals surface area contributed by atoms with Crippen LogP contribution < -0.4 is 0 Å². The maximum absolute atomic E-state index is 9.97. The summed E-state index contributed by atoms with van der Waals surface area (Å²) in [5, 5.41) is 9.97. The van der Waals surface area contributed by atoms with Crippen LogP contribution in [0.2, 0.25) is 0 Å². The van der Waals surface area contributed by atoms with Crippen LogP contribution in [0.1, 0.15) is 31.9 Å². The van der Waals surface area contributed by atoms with E-state index in [1.165, 1.54) is 0 Å². The van der Waals surface area contributed by atoms with Crippen LogP contribution in [0.4, 0.5) is 0 Å². The van der Waals surface area contributed by atoms with Crippen molar-refractivity contribution < 1.29 is 5.11 Å². The second-order valence-electron chi connectivity index (χ2n) is 4.44. The molecule has 0 fully saturated rings. The second kappa shape index (κ2) is 3.86. The summed E-state index contributed by atoms with van der Waals surface area (Å²) in [6, 6.07) is 1.98. The lowest BCUT2D eigenvalue weighted by Gasteiger charge is -2.22. The van der Waals surface area contributed by atoms with Gasteiger partial charge in [0.05, 0.1) is 4.47 Å². The second-order valence-corrected chi connectivity index (χ2v) is 6.09. The summed E-state index contributed by atoms with van der Waals surface area (Å²) in [6.07, 6.45) is 0. The highest BCUT2D eigenvalue weighted by Gasteiger charge is 2.21. The average Bonchev–Trinajstić information content (AvgIpc) is 2.06. The molecule has 1 nitrogen and oxygen atoms in total. The van der Waals surface area contributed by atoms with E-state index in [1.54, 1.807) is 0 Å². The predicted molar refractivity (Wildman–Crippen MR) is 66.9 cm³/mol. The molecule has 3 heteroatoms. The van der Waals surface area contributed by atoms with Crippen molar-refractivity contribution in [2.24, 2.45) is 0 Å². The van der Waals surface area contributed by atoms with Crippen LogP contribution in [0.5, 0.6) is 5.75 Å². The molecule has 0 aromatic heterocycles. The van der Waals surface area contributed by atoms with E-state index in [1.807, 2.05) is 13.0 Å². The van der Waals surface area contributed by atoms with Crippen molar-refractivity contribution in [2.75, 3.05) is 0 Å². The van der Waals surface area contributed by atoms with Crippen molar-refractivity contribution in [3.63, 3.8) is 0 Å². The molecule has 1 aromatic carbocycles. The molecular formula is C11H14Br2O. The Morgan fingerprint density at radius 3 is 2.14 bits per heavy atom. The Morgan fingerprint density at radius 2 is 1.71 bits per heavy atom. The quantitative estimate of drug-likeness (QED) is 0.744. The lowest BCUT2D eigenvalue weighted by Crippen LogP contribution is -2.11. The van der Waals surface area contributed by atoms with Gasteiger partial charge in [0.15, 0.2) is 0 Å². The van der Waals surface area contributed by atoms with Crippen molar-refractivity contribution in [1.82, 2.24) is 0 Å².